The second-order valence-electron chi connectivity index (χ2n) is 3.55. The Balaban J connectivity index is 2.19. The van der Waals surface area contributed by atoms with E-state index < -0.39 is 0 Å². The lowest BCUT2D eigenvalue weighted by molar-refractivity contribution is 0.311. The predicted octanol–water partition coefficient (Wildman–Crippen LogP) is 3.25. The molecule has 0 N–H and O–H groups in total. The summed E-state index contributed by atoms with van der Waals surface area (Å²) in [6.07, 6.45) is 6.86. The molecule has 0 amide bonds. The van der Waals surface area contributed by atoms with Gasteiger partial charge in [0.2, 0.25) is 5.89 Å². The van der Waals surface area contributed by atoms with Crippen LogP contribution >= 0.6 is 0 Å². The molecule has 18 heavy (non-hydrogen) atoms. The Bertz CT molecular complexity index is 518. The maximum atomic E-state index is 5.45. The standard InChI is InChI=1S/C14H15NO3/c1-3-17-12-6-4-11(10-13(12)16-2)5-7-14-15-8-9-18-14/h4-10H,3H2,1-2H3. The van der Waals surface area contributed by atoms with Crippen LogP contribution in [0.5, 0.6) is 11.5 Å². The zero-order chi connectivity index (χ0) is 12.8. The first kappa shape index (κ1) is 12.2. The fourth-order valence-corrected chi connectivity index (χ4v) is 1.55. The molecule has 1 aromatic carbocycles. The Kier molecular flexibility index (Phi) is 4.02. The van der Waals surface area contributed by atoms with Crippen LogP contribution in [0, 0.1) is 0 Å². The van der Waals surface area contributed by atoms with Gasteiger partial charge in [0.05, 0.1) is 19.9 Å². The smallest absolute Gasteiger partial charge is 0.218 e. The number of aromatic nitrogens is 1. The molecule has 1 aromatic heterocycles. The van der Waals surface area contributed by atoms with E-state index in [1.807, 2.05) is 31.2 Å². The first-order valence-corrected chi connectivity index (χ1v) is 5.72. The van der Waals surface area contributed by atoms with Gasteiger partial charge in [-0.25, -0.2) is 4.98 Å². The number of benzene rings is 1. The molecule has 94 valence electrons. The minimum Gasteiger partial charge on any atom is -0.493 e. The quantitative estimate of drug-likeness (QED) is 0.811. The number of oxazole rings is 1. The Labute approximate surface area is 106 Å². The summed E-state index contributed by atoms with van der Waals surface area (Å²) in [5.74, 6) is 2.03. The molecule has 0 radical (unpaired) electrons. The maximum absolute atomic E-state index is 5.45. The van der Waals surface area contributed by atoms with Crippen molar-refractivity contribution in [1.29, 1.82) is 0 Å². The lowest BCUT2D eigenvalue weighted by atomic mass is 10.2. The van der Waals surface area contributed by atoms with Gasteiger partial charge < -0.3 is 13.9 Å². The third-order valence-electron chi connectivity index (χ3n) is 2.36. The van der Waals surface area contributed by atoms with Crippen molar-refractivity contribution in [2.24, 2.45) is 0 Å². The van der Waals surface area contributed by atoms with Gasteiger partial charge in [0, 0.05) is 6.08 Å². The number of rotatable bonds is 5. The molecule has 0 fully saturated rings. The van der Waals surface area contributed by atoms with Crippen molar-refractivity contribution in [3.05, 3.63) is 42.1 Å². The number of ether oxygens (including phenoxy) is 2. The highest BCUT2D eigenvalue weighted by Crippen LogP contribution is 2.28. The maximum Gasteiger partial charge on any atom is 0.218 e. The molecule has 0 aliphatic carbocycles. The Hall–Kier alpha value is -2.23. The molecule has 2 aromatic rings. The zero-order valence-electron chi connectivity index (χ0n) is 10.4. The minimum atomic E-state index is 0.572. The van der Waals surface area contributed by atoms with Crippen LogP contribution in [0.15, 0.2) is 35.1 Å². The van der Waals surface area contributed by atoms with Gasteiger partial charge in [0.25, 0.3) is 0 Å². The average Bonchev–Trinajstić information content (AvgIpc) is 2.91. The summed E-state index contributed by atoms with van der Waals surface area (Å²) in [5, 5.41) is 0. The van der Waals surface area contributed by atoms with Crippen LogP contribution in [0.25, 0.3) is 12.2 Å². The molecule has 2 rings (SSSR count). The summed E-state index contributed by atoms with van der Waals surface area (Å²) in [7, 11) is 1.62. The van der Waals surface area contributed by atoms with Crippen molar-refractivity contribution in [3.8, 4) is 11.5 Å². The Morgan fingerprint density at radius 3 is 2.83 bits per heavy atom. The normalized spacial score (nSPS) is 10.8. The molecule has 0 aliphatic heterocycles. The first-order valence-electron chi connectivity index (χ1n) is 5.72. The number of hydrogen-bond acceptors (Lipinski definition) is 4. The lowest BCUT2D eigenvalue weighted by Crippen LogP contribution is -1.95. The molecule has 4 nitrogen and oxygen atoms in total. The van der Waals surface area contributed by atoms with Crippen LogP contribution in [0.3, 0.4) is 0 Å². The van der Waals surface area contributed by atoms with Gasteiger partial charge in [0.15, 0.2) is 11.5 Å². The summed E-state index contributed by atoms with van der Waals surface area (Å²) in [6.45, 7) is 2.55. The van der Waals surface area contributed by atoms with Crippen molar-refractivity contribution in [1.82, 2.24) is 4.98 Å². The number of methoxy groups -OCH3 is 1. The molecular formula is C14H15NO3. The Morgan fingerprint density at radius 2 is 2.17 bits per heavy atom. The van der Waals surface area contributed by atoms with Crippen LogP contribution < -0.4 is 9.47 Å². The highest BCUT2D eigenvalue weighted by Gasteiger charge is 2.03. The van der Waals surface area contributed by atoms with E-state index in [-0.39, 0.29) is 0 Å². The van der Waals surface area contributed by atoms with E-state index in [0.717, 1.165) is 11.3 Å². The van der Waals surface area contributed by atoms with Gasteiger partial charge in [-0.05, 0) is 30.7 Å². The van der Waals surface area contributed by atoms with E-state index >= 15 is 0 Å². The van der Waals surface area contributed by atoms with Crippen LogP contribution in [0.2, 0.25) is 0 Å². The first-order chi connectivity index (χ1) is 8.83. The molecular weight excluding hydrogens is 230 g/mol. The van der Waals surface area contributed by atoms with Crippen molar-refractivity contribution in [2.45, 2.75) is 6.92 Å². The second-order valence-corrected chi connectivity index (χ2v) is 3.55. The van der Waals surface area contributed by atoms with Gasteiger partial charge in [-0.15, -0.1) is 0 Å². The lowest BCUT2D eigenvalue weighted by Gasteiger charge is -2.09. The SMILES string of the molecule is CCOc1ccc(C=Cc2ncco2)cc1OC. The van der Waals surface area contributed by atoms with Crippen molar-refractivity contribution >= 4 is 12.2 Å². The van der Waals surface area contributed by atoms with Crippen LogP contribution in [0.4, 0.5) is 0 Å². The summed E-state index contributed by atoms with van der Waals surface area (Å²) in [4.78, 5) is 4.01. The van der Waals surface area contributed by atoms with E-state index in [0.29, 0.717) is 18.2 Å². The van der Waals surface area contributed by atoms with E-state index in [4.69, 9.17) is 13.9 Å². The van der Waals surface area contributed by atoms with E-state index in [2.05, 4.69) is 4.98 Å². The topological polar surface area (TPSA) is 44.5 Å². The molecule has 1 heterocycles. The molecule has 0 bridgehead atoms. The average molecular weight is 245 g/mol. The second kappa shape index (κ2) is 5.91. The monoisotopic (exact) mass is 245 g/mol. The van der Waals surface area contributed by atoms with Gasteiger partial charge in [-0.3, -0.25) is 0 Å². The van der Waals surface area contributed by atoms with E-state index in [1.54, 1.807) is 25.6 Å². The van der Waals surface area contributed by atoms with Gasteiger partial charge in [-0.1, -0.05) is 6.07 Å². The van der Waals surface area contributed by atoms with Gasteiger partial charge in [0.1, 0.15) is 6.26 Å². The Morgan fingerprint density at radius 1 is 1.28 bits per heavy atom. The molecule has 4 heteroatoms. The van der Waals surface area contributed by atoms with Crippen molar-refractivity contribution < 1.29 is 13.9 Å². The molecule has 0 unspecified atom stereocenters. The number of nitrogens with zero attached hydrogens (tertiary/aromatic N) is 1. The van der Waals surface area contributed by atoms with Crippen LogP contribution in [-0.4, -0.2) is 18.7 Å². The fourth-order valence-electron chi connectivity index (χ4n) is 1.55. The van der Waals surface area contributed by atoms with Gasteiger partial charge >= 0.3 is 0 Å². The van der Waals surface area contributed by atoms with Crippen molar-refractivity contribution in [2.75, 3.05) is 13.7 Å². The highest BCUT2D eigenvalue weighted by molar-refractivity contribution is 5.67. The van der Waals surface area contributed by atoms with Crippen LogP contribution in [0.1, 0.15) is 18.4 Å². The summed E-state index contributed by atoms with van der Waals surface area (Å²) < 4.78 is 15.9. The van der Waals surface area contributed by atoms with Gasteiger partial charge in [-0.2, -0.15) is 0 Å². The van der Waals surface area contributed by atoms with Crippen molar-refractivity contribution in [3.63, 3.8) is 0 Å². The summed E-state index contributed by atoms with van der Waals surface area (Å²) >= 11 is 0. The molecule has 0 saturated carbocycles. The van der Waals surface area contributed by atoms with Crippen LogP contribution in [-0.2, 0) is 0 Å². The summed E-state index contributed by atoms with van der Waals surface area (Å²) in [5.41, 5.74) is 0.994. The zero-order valence-corrected chi connectivity index (χ0v) is 10.4. The molecule has 0 spiro atoms. The van der Waals surface area contributed by atoms with E-state index in [9.17, 15) is 0 Å². The predicted molar refractivity (Wildman–Crippen MR) is 69.6 cm³/mol. The van der Waals surface area contributed by atoms with E-state index in [1.165, 1.54) is 0 Å². The molecule has 0 aliphatic rings. The highest BCUT2D eigenvalue weighted by atomic mass is 16.5. The molecule has 0 saturated heterocycles. The number of hydrogen-bond donors (Lipinski definition) is 0. The summed E-state index contributed by atoms with van der Waals surface area (Å²) in [6, 6.07) is 5.74. The largest absolute Gasteiger partial charge is 0.493 e. The minimum absolute atomic E-state index is 0.572. The fraction of sp³-hybridized carbons (Fsp3) is 0.214. The third-order valence-corrected chi connectivity index (χ3v) is 2.36. The third kappa shape index (κ3) is 2.91. The molecule has 0 atom stereocenters.